The topological polar surface area (TPSA) is 21.3 Å². The zero-order chi connectivity index (χ0) is 14.5. The number of halogens is 3. The van der Waals surface area contributed by atoms with Crippen molar-refractivity contribution in [1.82, 2.24) is 5.32 Å². The van der Waals surface area contributed by atoms with Crippen molar-refractivity contribution in [3.05, 3.63) is 29.8 Å². The fraction of sp³-hybridized carbons (Fsp3) is 0.571. The predicted octanol–water partition coefficient (Wildman–Crippen LogP) is 4.28. The predicted molar refractivity (Wildman–Crippen MR) is 69.0 cm³/mol. The first-order chi connectivity index (χ1) is 8.87. The van der Waals surface area contributed by atoms with E-state index in [9.17, 15) is 13.2 Å². The average molecular weight is 275 g/mol. The van der Waals surface area contributed by atoms with Crippen molar-refractivity contribution >= 4 is 0 Å². The second-order valence-electron chi connectivity index (χ2n) is 4.68. The minimum Gasteiger partial charge on any atom is -0.405 e. The van der Waals surface area contributed by atoms with Crippen molar-refractivity contribution in [2.75, 3.05) is 7.05 Å². The Morgan fingerprint density at radius 2 is 1.89 bits per heavy atom. The van der Waals surface area contributed by atoms with E-state index in [1.165, 1.54) is 6.07 Å². The van der Waals surface area contributed by atoms with Crippen LogP contribution < -0.4 is 10.1 Å². The van der Waals surface area contributed by atoms with E-state index >= 15 is 0 Å². The van der Waals surface area contributed by atoms with Crippen LogP contribution in [0.4, 0.5) is 13.2 Å². The molecule has 108 valence electrons. The fourth-order valence-corrected chi connectivity index (χ4v) is 1.96. The summed E-state index contributed by atoms with van der Waals surface area (Å²) in [6.07, 6.45) is -2.91. The molecule has 1 N–H and O–H groups in total. The van der Waals surface area contributed by atoms with Gasteiger partial charge in [0.05, 0.1) is 0 Å². The summed E-state index contributed by atoms with van der Waals surface area (Å²) in [4.78, 5) is 0. The molecule has 0 aliphatic rings. The van der Waals surface area contributed by atoms with Gasteiger partial charge in [0.15, 0.2) is 0 Å². The van der Waals surface area contributed by atoms with Gasteiger partial charge in [0.2, 0.25) is 0 Å². The average Bonchev–Trinajstić information content (AvgIpc) is 2.34. The Morgan fingerprint density at radius 3 is 2.42 bits per heavy atom. The summed E-state index contributed by atoms with van der Waals surface area (Å²) < 4.78 is 41.2. The largest absolute Gasteiger partial charge is 0.573 e. The van der Waals surface area contributed by atoms with Gasteiger partial charge >= 0.3 is 6.36 Å². The lowest BCUT2D eigenvalue weighted by Gasteiger charge is -2.23. The minimum atomic E-state index is -4.66. The van der Waals surface area contributed by atoms with Gasteiger partial charge in [-0.3, -0.25) is 0 Å². The van der Waals surface area contributed by atoms with Gasteiger partial charge in [0.25, 0.3) is 0 Å². The third-order valence-electron chi connectivity index (χ3n) is 3.20. The highest BCUT2D eigenvalue weighted by Gasteiger charge is 2.32. The molecule has 0 bridgehead atoms. The molecule has 0 amide bonds. The lowest BCUT2D eigenvalue weighted by Crippen LogP contribution is -2.23. The molecule has 0 saturated heterocycles. The van der Waals surface area contributed by atoms with Gasteiger partial charge in [-0.05, 0) is 25.5 Å². The molecule has 19 heavy (non-hydrogen) atoms. The van der Waals surface area contributed by atoms with Crippen LogP contribution in [-0.4, -0.2) is 13.4 Å². The SMILES string of the molecule is CCC(C)CC(NC)c1ccccc1OC(F)(F)F. The number of alkyl halides is 3. The van der Waals surface area contributed by atoms with Crippen molar-refractivity contribution in [1.29, 1.82) is 0 Å². The molecule has 2 atom stereocenters. The molecule has 0 aliphatic carbocycles. The molecule has 0 aromatic heterocycles. The third-order valence-corrected chi connectivity index (χ3v) is 3.20. The Kier molecular flexibility index (Phi) is 5.66. The van der Waals surface area contributed by atoms with Gasteiger partial charge in [-0.2, -0.15) is 0 Å². The molecule has 0 heterocycles. The molecule has 1 rings (SSSR count). The van der Waals surface area contributed by atoms with E-state index in [2.05, 4.69) is 23.9 Å². The van der Waals surface area contributed by atoms with Gasteiger partial charge in [-0.25, -0.2) is 0 Å². The lowest BCUT2D eigenvalue weighted by molar-refractivity contribution is -0.275. The van der Waals surface area contributed by atoms with E-state index in [1.54, 1.807) is 25.2 Å². The molecule has 0 radical (unpaired) electrons. The molecule has 1 aromatic carbocycles. The Labute approximate surface area is 112 Å². The van der Waals surface area contributed by atoms with Crippen LogP contribution in [0.25, 0.3) is 0 Å². The number of hydrogen-bond acceptors (Lipinski definition) is 2. The van der Waals surface area contributed by atoms with E-state index in [0.717, 1.165) is 12.8 Å². The van der Waals surface area contributed by atoms with Crippen molar-refractivity contribution in [3.63, 3.8) is 0 Å². The Balaban J connectivity index is 2.96. The summed E-state index contributed by atoms with van der Waals surface area (Å²) in [7, 11) is 1.75. The first-order valence-corrected chi connectivity index (χ1v) is 6.39. The molecule has 2 unspecified atom stereocenters. The summed E-state index contributed by atoms with van der Waals surface area (Å²) in [5.74, 6) is 0.300. The van der Waals surface area contributed by atoms with Crippen molar-refractivity contribution in [2.24, 2.45) is 5.92 Å². The molecule has 5 heteroatoms. The van der Waals surface area contributed by atoms with E-state index in [-0.39, 0.29) is 11.8 Å². The molecule has 0 aliphatic heterocycles. The zero-order valence-electron chi connectivity index (χ0n) is 11.4. The van der Waals surface area contributed by atoms with Gasteiger partial charge < -0.3 is 10.1 Å². The quantitative estimate of drug-likeness (QED) is 0.836. The van der Waals surface area contributed by atoms with Crippen LogP contribution in [0.5, 0.6) is 5.75 Å². The third kappa shape index (κ3) is 5.11. The van der Waals surface area contributed by atoms with Crippen LogP contribution in [0, 0.1) is 5.92 Å². The fourth-order valence-electron chi connectivity index (χ4n) is 1.96. The maximum Gasteiger partial charge on any atom is 0.573 e. The van der Waals surface area contributed by atoms with Gasteiger partial charge in [0, 0.05) is 11.6 Å². The summed E-state index contributed by atoms with van der Waals surface area (Å²) in [5, 5.41) is 3.06. The number of ether oxygens (including phenoxy) is 1. The molecule has 1 aromatic rings. The standard InChI is InChI=1S/C14H20F3NO/c1-4-10(2)9-12(18-3)11-7-5-6-8-13(11)19-14(15,16)17/h5-8,10,12,18H,4,9H2,1-3H3. The first-order valence-electron chi connectivity index (χ1n) is 6.39. The zero-order valence-corrected chi connectivity index (χ0v) is 11.4. The van der Waals surface area contributed by atoms with Crippen LogP contribution in [0.15, 0.2) is 24.3 Å². The van der Waals surface area contributed by atoms with Crippen LogP contribution in [0.2, 0.25) is 0 Å². The smallest absolute Gasteiger partial charge is 0.405 e. The highest BCUT2D eigenvalue weighted by atomic mass is 19.4. The van der Waals surface area contributed by atoms with Crippen molar-refractivity contribution in [2.45, 2.75) is 39.1 Å². The number of rotatable bonds is 6. The number of hydrogen-bond donors (Lipinski definition) is 1. The molecule has 0 fully saturated rings. The number of nitrogens with one attached hydrogen (secondary N) is 1. The second-order valence-corrected chi connectivity index (χ2v) is 4.68. The number of para-hydroxylation sites is 1. The van der Waals surface area contributed by atoms with E-state index in [4.69, 9.17) is 0 Å². The van der Waals surface area contributed by atoms with E-state index < -0.39 is 6.36 Å². The minimum absolute atomic E-state index is 0.127. The van der Waals surface area contributed by atoms with Crippen molar-refractivity contribution < 1.29 is 17.9 Å². The van der Waals surface area contributed by atoms with Gasteiger partial charge in [-0.15, -0.1) is 13.2 Å². The maximum absolute atomic E-state index is 12.4. The maximum atomic E-state index is 12.4. The Hall–Kier alpha value is -1.23. The van der Waals surface area contributed by atoms with Crippen LogP contribution >= 0.6 is 0 Å². The summed E-state index contributed by atoms with van der Waals surface area (Å²) in [6, 6.07) is 6.14. The Bertz CT molecular complexity index is 393. The van der Waals surface area contributed by atoms with Crippen molar-refractivity contribution in [3.8, 4) is 5.75 Å². The molecule has 0 saturated carbocycles. The molecule has 2 nitrogen and oxygen atoms in total. The van der Waals surface area contributed by atoms with E-state index in [1.807, 2.05) is 0 Å². The molecule has 0 spiro atoms. The van der Waals surface area contributed by atoms with Gasteiger partial charge in [0.1, 0.15) is 5.75 Å². The molecular formula is C14H20F3NO. The lowest BCUT2D eigenvalue weighted by atomic mass is 9.94. The highest BCUT2D eigenvalue weighted by Crippen LogP contribution is 2.33. The summed E-state index contributed by atoms with van der Waals surface area (Å²) in [6.45, 7) is 4.15. The Morgan fingerprint density at radius 1 is 1.26 bits per heavy atom. The summed E-state index contributed by atoms with van der Waals surface area (Å²) in [5.41, 5.74) is 0.544. The monoisotopic (exact) mass is 275 g/mol. The summed E-state index contributed by atoms with van der Waals surface area (Å²) >= 11 is 0. The van der Waals surface area contributed by atoms with Crippen LogP contribution in [0.1, 0.15) is 38.3 Å². The first kappa shape index (κ1) is 15.8. The highest BCUT2D eigenvalue weighted by molar-refractivity contribution is 5.36. The molecular weight excluding hydrogens is 255 g/mol. The van der Waals surface area contributed by atoms with E-state index in [0.29, 0.717) is 11.5 Å². The normalized spacial score (nSPS) is 15.1. The van der Waals surface area contributed by atoms with Gasteiger partial charge in [-0.1, -0.05) is 38.5 Å². The second kappa shape index (κ2) is 6.80. The van der Waals surface area contributed by atoms with Crippen LogP contribution in [0.3, 0.4) is 0 Å². The van der Waals surface area contributed by atoms with Crippen LogP contribution in [-0.2, 0) is 0 Å². The number of benzene rings is 1.